The van der Waals surface area contributed by atoms with Crippen LogP contribution in [0.5, 0.6) is 0 Å². The maximum absolute atomic E-state index is 11.6. The van der Waals surface area contributed by atoms with Gasteiger partial charge in [0, 0.05) is 16.8 Å². The van der Waals surface area contributed by atoms with Gasteiger partial charge in [0.15, 0.2) is 9.84 Å². The van der Waals surface area contributed by atoms with Crippen LogP contribution in [-0.2, 0) is 16.4 Å². The van der Waals surface area contributed by atoms with Crippen LogP contribution in [0.4, 0.5) is 5.69 Å². The van der Waals surface area contributed by atoms with E-state index >= 15 is 0 Å². The van der Waals surface area contributed by atoms with Gasteiger partial charge in [-0.15, -0.1) is 0 Å². The number of H-pyrrole nitrogens is 1. The molecule has 1 aromatic carbocycles. The molecule has 19 heavy (non-hydrogen) atoms. The van der Waals surface area contributed by atoms with Gasteiger partial charge in [-0.2, -0.15) is 0 Å². The number of hydrogen-bond donors (Lipinski definition) is 2. The summed E-state index contributed by atoms with van der Waals surface area (Å²) in [4.78, 5) is 13.9. The Morgan fingerprint density at radius 1 is 1.26 bits per heavy atom. The Bertz CT molecular complexity index is 699. The molecular formula is C12H14N2O3S2. The average molecular weight is 298 g/mol. The molecule has 5 nitrogen and oxygen atoms in total. The van der Waals surface area contributed by atoms with Crippen molar-refractivity contribution in [3.8, 4) is 0 Å². The Balaban J connectivity index is 2.05. The van der Waals surface area contributed by atoms with E-state index in [0.29, 0.717) is 11.4 Å². The van der Waals surface area contributed by atoms with Crippen LogP contribution in [-0.4, -0.2) is 19.2 Å². The summed E-state index contributed by atoms with van der Waals surface area (Å²) in [6.45, 7) is 2.12. The molecule has 102 valence electrons. The van der Waals surface area contributed by atoms with Crippen molar-refractivity contribution in [2.24, 2.45) is 0 Å². The van der Waals surface area contributed by atoms with Gasteiger partial charge in [0.05, 0.1) is 17.2 Å². The van der Waals surface area contributed by atoms with Crippen molar-refractivity contribution in [1.82, 2.24) is 4.98 Å². The first-order valence-electron chi connectivity index (χ1n) is 5.74. The Hall–Kier alpha value is -1.60. The van der Waals surface area contributed by atoms with E-state index in [2.05, 4.69) is 10.3 Å². The fourth-order valence-corrected chi connectivity index (χ4v) is 3.01. The average Bonchev–Trinajstić information content (AvgIpc) is 2.83. The second-order valence-electron chi connectivity index (χ2n) is 3.95. The fraction of sp³-hybridized carbons (Fsp3) is 0.250. The minimum atomic E-state index is -3.15. The maximum atomic E-state index is 11.6. The van der Waals surface area contributed by atoms with Gasteiger partial charge in [-0.1, -0.05) is 18.3 Å². The van der Waals surface area contributed by atoms with E-state index in [4.69, 9.17) is 0 Å². The summed E-state index contributed by atoms with van der Waals surface area (Å²) in [5, 5.41) is 4.87. The number of thiazole rings is 1. The van der Waals surface area contributed by atoms with Crippen LogP contribution in [0, 0.1) is 0 Å². The predicted octanol–water partition coefficient (Wildman–Crippen LogP) is 1.84. The van der Waals surface area contributed by atoms with Gasteiger partial charge < -0.3 is 10.3 Å². The van der Waals surface area contributed by atoms with E-state index in [-0.39, 0.29) is 10.6 Å². The topological polar surface area (TPSA) is 79.0 Å². The zero-order chi connectivity index (χ0) is 13.9. The number of aromatic amines is 1. The minimum Gasteiger partial charge on any atom is -0.379 e. The summed E-state index contributed by atoms with van der Waals surface area (Å²) in [5.41, 5.74) is 1.61. The highest BCUT2D eigenvalue weighted by Gasteiger charge is 2.10. The Kier molecular flexibility index (Phi) is 4.06. The van der Waals surface area contributed by atoms with E-state index in [1.54, 1.807) is 36.6 Å². The molecule has 0 spiro atoms. The van der Waals surface area contributed by atoms with Crippen molar-refractivity contribution < 1.29 is 8.42 Å². The third-order valence-corrected chi connectivity index (χ3v) is 5.12. The number of nitrogens with one attached hydrogen (secondary N) is 2. The molecule has 2 N–H and O–H groups in total. The molecule has 0 saturated carbocycles. The van der Waals surface area contributed by atoms with Crippen molar-refractivity contribution in [2.45, 2.75) is 18.4 Å². The molecular weight excluding hydrogens is 284 g/mol. The van der Waals surface area contributed by atoms with Crippen LogP contribution in [0.1, 0.15) is 12.6 Å². The monoisotopic (exact) mass is 298 g/mol. The Morgan fingerprint density at radius 3 is 2.47 bits per heavy atom. The molecule has 2 aromatic rings. The van der Waals surface area contributed by atoms with E-state index in [0.717, 1.165) is 22.7 Å². The Morgan fingerprint density at radius 2 is 1.95 bits per heavy atom. The summed E-state index contributed by atoms with van der Waals surface area (Å²) in [6, 6.07) is 6.59. The summed E-state index contributed by atoms with van der Waals surface area (Å²) in [7, 11) is -3.15. The molecule has 1 aromatic heterocycles. The number of rotatable bonds is 5. The highest BCUT2D eigenvalue weighted by molar-refractivity contribution is 7.91. The van der Waals surface area contributed by atoms with Gasteiger partial charge in [-0.25, -0.2) is 8.42 Å². The normalized spacial score (nSPS) is 11.4. The first-order valence-corrected chi connectivity index (χ1v) is 8.28. The van der Waals surface area contributed by atoms with Crippen molar-refractivity contribution in [3.05, 3.63) is 45.0 Å². The van der Waals surface area contributed by atoms with Crippen LogP contribution < -0.4 is 10.2 Å². The summed E-state index contributed by atoms with van der Waals surface area (Å²) in [5.74, 6) is 0.0932. The van der Waals surface area contributed by atoms with Gasteiger partial charge >= 0.3 is 4.87 Å². The molecule has 1 heterocycles. The third-order valence-electron chi connectivity index (χ3n) is 2.65. The molecule has 0 aliphatic rings. The lowest BCUT2D eigenvalue weighted by molar-refractivity contribution is 0.597. The predicted molar refractivity (Wildman–Crippen MR) is 76.4 cm³/mol. The second kappa shape index (κ2) is 5.58. The first-order chi connectivity index (χ1) is 9.01. The van der Waals surface area contributed by atoms with E-state index < -0.39 is 9.84 Å². The zero-order valence-electron chi connectivity index (χ0n) is 10.3. The summed E-state index contributed by atoms with van der Waals surface area (Å²) < 4.78 is 23.3. The maximum Gasteiger partial charge on any atom is 0.304 e. The smallest absolute Gasteiger partial charge is 0.304 e. The molecule has 0 aliphatic heterocycles. The van der Waals surface area contributed by atoms with E-state index in [1.165, 1.54) is 0 Å². The molecule has 7 heteroatoms. The zero-order valence-corrected chi connectivity index (χ0v) is 12.0. The van der Waals surface area contributed by atoms with Crippen LogP contribution >= 0.6 is 11.3 Å². The standard InChI is InChI=1S/C12H14N2O3S2/c1-2-19(16,17)11-5-3-9(4-6-11)13-7-10-8-18-12(15)14-10/h3-6,8,13H,2,7H2,1H3,(H,14,15). The number of sulfone groups is 1. The largest absolute Gasteiger partial charge is 0.379 e. The van der Waals surface area contributed by atoms with E-state index in [1.807, 2.05) is 0 Å². The van der Waals surface area contributed by atoms with Crippen LogP contribution in [0.15, 0.2) is 39.3 Å². The van der Waals surface area contributed by atoms with Gasteiger partial charge in [-0.3, -0.25) is 4.79 Å². The minimum absolute atomic E-state index is 0.0822. The molecule has 0 saturated heterocycles. The number of aromatic nitrogens is 1. The first kappa shape index (κ1) is 13.8. The van der Waals surface area contributed by atoms with Gasteiger partial charge in [-0.05, 0) is 24.3 Å². The molecule has 0 atom stereocenters. The lowest BCUT2D eigenvalue weighted by atomic mass is 10.3. The lowest BCUT2D eigenvalue weighted by Crippen LogP contribution is -2.05. The number of anilines is 1. The summed E-state index contributed by atoms with van der Waals surface area (Å²) in [6.07, 6.45) is 0. The Labute approximate surface area is 115 Å². The number of hydrogen-bond acceptors (Lipinski definition) is 5. The highest BCUT2D eigenvalue weighted by atomic mass is 32.2. The third kappa shape index (κ3) is 3.45. The lowest BCUT2D eigenvalue weighted by Gasteiger charge is -2.06. The molecule has 0 amide bonds. The van der Waals surface area contributed by atoms with Gasteiger partial charge in [0.25, 0.3) is 0 Å². The van der Waals surface area contributed by atoms with Crippen LogP contribution in [0.2, 0.25) is 0 Å². The molecule has 0 aliphatic carbocycles. The molecule has 0 unspecified atom stereocenters. The summed E-state index contributed by atoms with van der Waals surface area (Å²) >= 11 is 1.12. The molecule has 0 fully saturated rings. The quantitative estimate of drug-likeness (QED) is 0.883. The van der Waals surface area contributed by atoms with E-state index in [9.17, 15) is 13.2 Å². The number of benzene rings is 1. The van der Waals surface area contributed by atoms with Crippen molar-refractivity contribution in [1.29, 1.82) is 0 Å². The SMILES string of the molecule is CCS(=O)(=O)c1ccc(NCc2csc(=O)[nH]2)cc1. The highest BCUT2D eigenvalue weighted by Crippen LogP contribution is 2.15. The van der Waals surface area contributed by atoms with Crippen molar-refractivity contribution >= 4 is 26.9 Å². The fourth-order valence-electron chi connectivity index (χ4n) is 1.54. The molecule has 2 rings (SSSR count). The van der Waals surface area contributed by atoms with Crippen LogP contribution in [0.3, 0.4) is 0 Å². The van der Waals surface area contributed by atoms with Gasteiger partial charge in [0.1, 0.15) is 0 Å². The second-order valence-corrected chi connectivity index (χ2v) is 7.08. The molecule has 0 bridgehead atoms. The van der Waals surface area contributed by atoms with Crippen molar-refractivity contribution in [2.75, 3.05) is 11.1 Å². The van der Waals surface area contributed by atoms with Crippen LogP contribution in [0.25, 0.3) is 0 Å². The van der Waals surface area contributed by atoms with Gasteiger partial charge in [0.2, 0.25) is 0 Å². The molecule has 0 radical (unpaired) electrons. The van der Waals surface area contributed by atoms with Crippen molar-refractivity contribution in [3.63, 3.8) is 0 Å².